The Bertz CT molecular complexity index is 294. The molecule has 14 heavy (non-hydrogen) atoms. The van der Waals surface area contributed by atoms with E-state index in [1.54, 1.807) is 0 Å². The second-order valence-corrected chi connectivity index (χ2v) is 3.99. The van der Waals surface area contributed by atoms with E-state index in [0.29, 0.717) is 6.04 Å². The van der Waals surface area contributed by atoms with Crippen LogP contribution >= 0.6 is 0 Å². The summed E-state index contributed by atoms with van der Waals surface area (Å²) in [5.41, 5.74) is 1.22. The molecule has 1 aliphatic rings. The molecular formula is C11H17N3. The van der Waals surface area contributed by atoms with Gasteiger partial charge >= 0.3 is 0 Å². The minimum atomic E-state index is 0.562. The van der Waals surface area contributed by atoms with Crippen LogP contribution in [0, 0.1) is 6.92 Å². The summed E-state index contributed by atoms with van der Waals surface area (Å²) < 4.78 is 0. The van der Waals surface area contributed by atoms with Gasteiger partial charge < -0.3 is 10.2 Å². The van der Waals surface area contributed by atoms with Gasteiger partial charge in [0.05, 0.1) is 0 Å². The van der Waals surface area contributed by atoms with Gasteiger partial charge in [0.2, 0.25) is 0 Å². The lowest BCUT2D eigenvalue weighted by atomic mass is 10.2. The van der Waals surface area contributed by atoms with Crippen LogP contribution in [-0.4, -0.2) is 30.7 Å². The van der Waals surface area contributed by atoms with E-state index < -0.39 is 0 Å². The SMILES string of the molecule is Cc1ccc(N2CCNC(C)C2)nc1. The number of piperazine rings is 1. The summed E-state index contributed by atoms with van der Waals surface area (Å²) in [4.78, 5) is 6.77. The third-order valence-electron chi connectivity index (χ3n) is 2.59. The van der Waals surface area contributed by atoms with E-state index >= 15 is 0 Å². The lowest BCUT2D eigenvalue weighted by Crippen LogP contribution is -2.49. The molecule has 1 N–H and O–H groups in total. The van der Waals surface area contributed by atoms with Crippen LogP contribution in [0.15, 0.2) is 18.3 Å². The number of pyridine rings is 1. The number of rotatable bonds is 1. The second-order valence-electron chi connectivity index (χ2n) is 3.99. The van der Waals surface area contributed by atoms with Crippen molar-refractivity contribution < 1.29 is 0 Å². The van der Waals surface area contributed by atoms with E-state index in [0.717, 1.165) is 25.5 Å². The largest absolute Gasteiger partial charge is 0.354 e. The molecule has 1 aromatic heterocycles. The van der Waals surface area contributed by atoms with Crippen molar-refractivity contribution >= 4 is 5.82 Å². The van der Waals surface area contributed by atoms with Crippen LogP contribution < -0.4 is 10.2 Å². The van der Waals surface area contributed by atoms with Crippen LogP contribution in [0.3, 0.4) is 0 Å². The zero-order valence-corrected chi connectivity index (χ0v) is 8.83. The molecule has 1 atom stereocenters. The average Bonchev–Trinajstić information content (AvgIpc) is 2.19. The molecule has 0 radical (unpaired) electrons. The number of nitrogens with one attached hydrogen (secondary N) is 1. The third kappa shape index (κ3) is 2.04. The van der Waals surface area contributed by atoms with Gasteiger partial charge in [-0.1, -0.05) is 6.07 Å². The van der Waals surface area contributed by atoms with Crippen molar-refractivity contribution in [3.05, 3.63) is 23.9 Å². The first-order valence-electron chi connectivity index (χ1n) is 5.17. The van der Waals surface area contributed by atoms with Gasteiger partial charge in [-0.15, -0.1) is 0 Å². The molecule has 0 aliphatic carbocycles. The fourth-order valence-electron chi connectivity index (χ4n) is 1.79. The monoisotopic (exact) mass is 191 g/mol. The van der Waals surface area contributed by atoms with Crippen molar-refractivity contribution in [2.45, 2.75) is 19.9 Å². The van der Waals surface area contributed by atoms with Crippen LogP contribution in [0.2, 0.25) is 0 Å². The summed E-state index contributed by atoms with van der Waals surface area (Å²) in [5.74, 6) is 1.10. The maximum Gasteiger partial charge on any atom is 0.128 e. The predicted molar refractivity (Wildman–Crippen MR) is 58.7 cm³/mol. The average molecular weight is 191 g/mol. The van der Waals surface area contributed by atoms with E-state index in [4.69, 9.17) is 0 Å². The van der Waals surface area contributed by atoms with Gasteiger partial charge in [-0.25, -0.2) is 4.98 Å². The molecule has 1 unspecified atom stereocenters. The summed E-state index contributed by atoms with van der Waals surface area (Å²) in [6.45, 7) is 7.44. The fraction of sp³-hybridized carbons (Fsp3) is 0.545. The smallest absolute Gasteiger partial charge is 0.128 e. The Morgan fingerprint density at radius 2 is 2.36 bits per heavy atom. The molecule has 3 nitrogen and oxygen atoms in total. The van der Waals surface area contributed by atoms with E-state index in [1.165, 1.54) is 5.56 Å². The molecule has 0 aromatic carbocycles. The highest BCUT2D eigenvalue weighted by molar-refractivity contribution is 5.39. The first-order chi connectivity index (χ1) is 6.75. The molecule has 2 heterocycles. The molecule has 0 amide bonds. The highest BCUT2D eigenvalue weighted by Crippen LogP contribution is 2.12. The highest BCUT2D eigenvalue weighted by atomic mass is 15.2. The van der Waals surface area contributed by atoms with Gasteiger partial charge in [0.15, 0.2) is 0 Å². The van der Waals surface area contributed by atoms with Crippen LogP contribution in [-0.2, 0) is 0 Å². The van der Waals surface area contributed by atoms with Crippen LogP contribution in [0.25, 0.3) is 0 Å². The van der Waals surface area contributed by atoms with Gasteiger partial charge in [-0.05, 0) is 25.5 Å². The van der Waals surface area contributed by atoms with Crippen molar-refractivity contribution in [3.63, 3.8) is 0 Å². The fourth-order valence-corrected chi connectivity index (χ4v) is 1.79. The zero-order valence-electron chi connectivity index (χ0n) is 8.83. The van der Waals surface area contributed by atoms with Gasteiger partial charge in [-0.2, -0.15) is 0 Å². The Hall–Kier alpha value is -1.09. The Labute approximate surface area is 85.1 Å². The summed E-state index contributed by atoms with van der Waals surface area (Å²) in [6, 6.07) is 4.79. The molecule has 76 valence electrons. The second kappa shape index (κ2) is 3.96. The van der Waals surface area contributed by atoms with Crippen molar-refractivity contribution in [2.75, 3.05) is 24.5 Å². The van der Waals surface area contributed by atoms with Crippen molar-refractivity contribution in [2.24, 2.45) is 0 Å². The van der Waals surface area contributed by atoms with E-state index in [9.17, 15) is 0 Å². The molecule has 1 aromatic rings. The molecule has 3 heteroatoms. The maximum atomic E-state index is 4.43. The predicted octanol–water partition coefficient (Wildman–Crippen LogP) is 1.19. The minimum absolute atomic E-state index is 0.562. The number of anilines is 1. The number of hydrogen-bond acceptors (Lipinski definition) is 3. The molecule has 2 rings (SSSR count). The zero-order chi connectivity index (χ0) is 9.97. The van der Waals surface area contributed by atoms with E-state index in [1.807, 2.05) is 6.20 Å². The molecular weight excluding hydrogens is 174 g/mol. The molecule has 1 fully saturated rings. The molecule has 0 bridgehead atoms. The molecule has 1 aliphatic heterocycles. The summed E-state index contributed by atoms with van der Waals surface area (Å²) in [7, 11) is 0. The Morgan fingerprint density at radius 1 is 1.50 bits per heavy atom. The van der Waals surface area contributed by atoms with Gasteiger partial charge in [0, 0.05) is 31.9 Å². The first kappa shape index (κ1) is 9.46. The quantitative estimate of drug-likeness (QED) is 0.722. The van der Waals surface area contributed by atoms with Crippen molar-refractivity contribution in [1.82, 2.24) is 10.3 Å². The standard InChI is InChI=1S/C11H17N3/c1-9-3-4-11(13-7-9)14-6-5-12-10(2)8-14/h3-4,7,10,12H,5-6,8H2,1-2H3. The van der Waals surface area contributed by atoms with E-state index in [-0.39, 0.29) is 0 Å². The Kier molecular flexibility index (Phi) is 2.68. The third-order valence-corrected chi connectivity index (χ3v) is 2.59. The van der Waals surface area contributed by atoms with Gasteiger partial charge in [0.1, 0.15) is 5.82 Å². The van der Waals surface area contributed by atoms with Crippen LogP contribution in [0.5, 0.6) is 0 Å². The minimum Gasteiger partial charge on any atom is -0.354 e. The summed E-state index contributed by atoms with van der Waals surface area (Å²) in [6.07, 6.45) is 1.93. The van der Waals surface area contributed by atoms with Gasteiger partial charge in [-0.3, -0.25) is 0 Å². The summed E-state index contributed by atoms with van der Waals surface area (Å²) in [5, 5.41) is 3.42. The number of aryl methyl sites for hydroxylation is 1. The highest BCUT2D eigenvalue weighted by Gasteiger charge is 2.16. The van der Waals surface area contributed by atoms with Crippen molar-refractivity contribution in [1.29, 1.82) is 0 Å². The number of nitrogens with zero attached hydrogens (tertiary/aromatic N) is 2. The Balaban J connectivity index is 2.10. The lowest BCUT2D eigenvalue weighted by molar-refractivity contribution is 0.482. The number of aromatic nitrogens is 1. The topological polar surface area (TPSA) is 28.2 Å². The normalized spacial score (nSPS) is 22.4. The van der Waals surface area contributed by atoms with Crippen LogP contribution in [0.1, 0.15) is 12.5 Å². The van der Waals surface area contributed by atoms with E-state index in [2.05, 4.69) is 41.2 Å². The lowest BCUT2D eigenvalue weighted by Gasteiger charge is -2.32. The van der Waals surface area contributed by atoms with Gasteiger partial charge in [0.25, 0.3) is 0 Å². The summed E-state index contributed by atoms with van der Waals surface area (Å²) >= 11 is 0. The number of hydrogen-bond donors (Lipinski definition) is 1. The van der Waals surface area contributed by atoms with Crippen LogP contribution in [0.4, 0.5) is 5.82 Å². The maximum absolute atomic E-state index is 4.43. The Morgan fingerprint density at radius 3 is 3.00 bits per heavy atom. The molecule has 0 saturated carbocycles. The van der Waals surface area contributed by atoms with Crippen molar-refractivity contribution in [3.8, 4) is 0 Å². The first-order valence-corrected chi connectivity index (χ1v) is 5.17. The molecule has 1 saturated heterocycles. The molecule has 0 spiro atoms.